The van der Waals surface area contributed by atoms with Crippen LogP contribution in [0, 0.1) is 5.92 Å². The molecule has 1 nitrogen and oxygen atoms in total. The molecular formula is C20H27F3O. The van der Waals surface area contributed by atoms with Gasteiger partial charge in [0.2, 0.25) is 0 Å². The molecule has 0 spiro atoms. The first-order chi connectivity index (χ1) is 11.5. The van der Waals surface area contributed by atoms with Crippen LogP contribution in [0.3, 0.4) is 0 Å². The highest BCUT2D eigenvalue weighted by Gasteiger charge is 2.25. The Morgan fingerprint density at radius 1 is 1.08 bits per heavy atom. The second-order valence-corrected chi connectivity index (χ2v) is 6.65. The molecule has 1 fully saturated rings. The summed E-state index contributed by atoms with van der Waals surface area (Å²) in [5.74, 6) is 0.827. The van der Waals surface area contributed by atoms with Crippen molar-refractivity contribution < 1.29 is 17.9 Å². The van der Waals surface area contributed by atoms with E-state index >= 15 is 0 Å². The van der Waals surface area contributed by atoms with Crippen LogP contribution in [0.5, 0.6) is 0 Å². The van der Waals surface area contributed by atoms with Crippen LogP contribution < -0.4 is 0 Å². The Labute approximate surface area is 142 Å². The molecule has 0 N–H and O–H groups in total. The summed E-state index contributed by atoms with van der Waals surface area (Å²) in [7, 11) is 0. The minimum atomic E-state index is -4.09. The van der Waals surface area contributed by atoms with Crippen LogP contribution in [0.25, 0.3) is 0 Å². The predicted octanol–water partition coefficient (Wildman–Crippen LogP) is 6.40. The summed E-state index contributed by atoms with van der Waals surface area (Å²) in [5, 5.41) is 0. The van der Waals surface area contributed by atoms with Gasteiger partial charge in [-0.2, -0.15) is 13.2 Å². The maximum atomic E-state index is 12.2. The number of hydrogen-bond donors (Lipinski definition) is 0. The van der Waals surface area contributed by atoms with Gasteiger partial charge in [0, 0.05) is 6.61 Å². The Bertz CT molecular complexity index is 497. The van der Waals surface area contributed by atoms with Crippen molar-refractivity contribution in [1.29, 1.82) is 0 Å². The summed E-state index contributed by atoms with van der Waals surface area (Å²) in [6, 6.07) is 8.60. The van der Waals surface area contributed by atoms with Gasteiger partial charge in [-0.3, -0.25) is 0 Å². The summed E-state index contributed by atoms with van der Waals surface area (Å²) in [4.78, 5) is 0. The zero-order chi connectivity index (χ0) is 17.4. The van der Waals surface area contributed by atoms with Crippen molar-refractivity contribution in [2.75, 3.05) is 6.61 Å². The van der Waals surface area contributed by atoms with Crippen molar-refractivity contribution in [2.24, 2.45) is 5.92 Å². The highest BCUT2D eigenvalue weighted by atomic mass is 19.4. The van der Waals surface area contributed by atoms with Crippen LogP contribution >= 0.6 is 0 Å². The Morgan fingerprint density at radius 2 is 1.75 bits per heavy atom. The van der Waals surface area contributed by atoms with Crippen LogP contribution in [0.15, 0.2) is 36.4 Å². The number of allylic oxidation sites excluding steroid dienone is 2. The minimum absolute atomic E-state index is 0.297. The van der Waals surface area contributed by atoms with Gasteiger partial charge in [-0.1, -0.05) is 43.3 Å². The molecular weight excluding hydrogens is 313 g/mol. The van der Waals surface area contributed by atoms with Gasteiger partial charge in [0.1, 0.15) is 0 Å². The number of benzene rings is 1. The third-order valence-electron chi connectivity index (χ3n) is 4.60. The summed E-state index contributed by atoms with van der Waals surface area (Å²) in [5.41, 5.74) is 2.53. The minimum Gasteiger partial charge on any atom is -0.377 e. The van der Waals surface area contributed by atoms with Gasteiger partial charge in [-0.25, -0.2) is 0 Å². The Balaban J connectivity index is 1.77. The predicted molar refractivity (Wildman–Crippen MR) is 90.9 cm³/mol. The summed E-state index contributed by atoms with van der Waals surface area (Å²) < 4.78 is 42.0. The number of alkyl halides is 3. The second-order valence-electron chi connectivity index (χ2n) is 6.65. The van der Waals surface area contributed by atoms with Gasteiger partial charge in [-0.05, 0) is 55.1 Å². The number of rotatable bonds is 7. The molecule has 0 aliphatic heterocycles. The van der Waals surface area contributed by atoms with Crippen LogP contribution in [-0.2, 0) is 11.3 Å². The highest BCUT2D eigenvalue weighted by molar-refractivity contribution is 5.25. The van der Waals surface area contributed by atoms with E-state index in [0.717, 1.165) is 38.7 Å². The second kappa shape index (κ2) is 9.26. The molecule has 134 valence electrons. The third kappa shape index (κ3) is 6.68. The van der Waals surface area contributed by atoms with Crippen molar-refractivity contribution in [3.05, 3.63) is 47.5 Å². The fraction of sp³-hybridized carbons (Fsp3) is 0.600. The van der Waals surface area contributed by atoms with E-state index in [9.17, 15) is 13.2 Å². The molecule has 0 aromatic heterocycles. The molecule has 2 rings (SSSR count). The first-order valence-corrected chi connectivity index (χ1v) is 8.88. The van der Waals surface area contributed by atoms with E-state index in [1.54, 1.807) is 6.08 Å². The van der Waals surface area contributed by atoms with Gasteiger partial charge in [0.15, 0.2) is 0 Å². The van der Waals surface area contributed by atoms with Crippen LogP contribution in [0.1, 0.15) is 62.5 Å². The van der Waals surface area contributed by atoms with E-state index < -0.39 is 12.6 Å². The Morgan fingerprint density at radius 3 is 2.33 bits per heavy atom. The van der Waals surface area contributed by atoms with Gasteiger partial charge in [0.05, 0.1) is 13.0 Å². The van der Waals surface area contributed by atoms with Crippen LogP contribution in [-0.4, -0.2) is 12.8 Å². The van der Waals surface area contributed by atoms with E-state index in [1.165, 1.54) is 17.2 Å². The molecule has 0 heterocycles. The van der Waals surface area contributed by atoms with Gasteiger partial charge in [0.25, 0.3) is 0 Å². The van der Waals surface area contributed by atoms with Crippen molar-refractivity contribution in [2.45, 2.75) is 64.1 Å². The van der Waals surface area contributed by atoms with Gasteiger partial charge in [-0.15, -0.1) is 0 Å². The molecule has 4 heteroatoms. The molecule has 0 saturated heterocycles. The lowest BCUT2D eigenvalue weighted by Gasteiger charge is -2.27. The lowest BCUT2D eigenvalue weighted by molar-refractivity contribution is -0.125. The van der Waals surface area contributed by atoms with E-state index in [2.05, 4.69) is 31.2 Å². The third-order valence-corrected chi connectivity index (χ3v) is 4.60. The molecule has 0 amide bonds. The maximum absolute atomic E-state index is 12.2. The van der Waals surface area contributed by atoms with E-state index in [1.807, 2.05) is 0 Å². The fourth-order valence-corrected chi connectivity index (χ4v) is 3.26. The van der Waals surface area contributed by atoms with Crippen LogP contribution in [0.4, 0.5) is 13.2 Å². The van der Waals surface area contributed by atoms with Gasteiger partial charge < -0.3 is 4.74 Å². The number of hydrogen-bond acceptors (Lipinski definition) is 1. The van der Waals surface area contributed by atoms with Gasteiger partial charge >= 0.3 is 6.18 Å². The molecule has 1 aromatic carbocycles. The molecule has 1 aromatic rings. The monoisotopic (exact) mass is 340 g/mol. The lowest BCUT2D eigenvalue weighted by atomic mass is 9.78. The average Bonchev–Trinajstić information content (AvgIpc) is 2.55. The lowest BCUT2D eigenvalue weighted by Crippen LogP contribution is -2.12. The molecule has 24 heavy (non-hydrogen) atoms. The van der Waals surface area contributed by atoms with E-state index in [4.69, 9.17) is 4.74 Å². The van der Waals surface area contributed by atoms with Crippen molar-refractivity contribution in [1.82, 2.24) is 0 Å². The average molecular weight is 340 g/mol. The first-order valence-electron chi connectivity index (χ1n) is 8.88. The fourth-order valence-electron chi connectivity index (χ4n) is 3.26. The molecule has 1 saturated carbocycles. The van der Waals surface area contributed by atoms with Crippen molar-refractivity contribution in [3.63, 3.8) is 0 Å². The molecule has 1 aliphatic carbocycles. The smallest absolute Gasteiger partial charge is 0.377 e. The molecule has 0 radical (unpaired) electrons. The number of halogens is 3. The standard InChI is InChI=1S/C20H27F3O/c1-2-14-24-15-17-7-11-19(12-8-17)18-9-5-16(6-10-18)4-3-13-20(21,22)23/h3-4,7-8,11-12,16,18H,2,5-6,9-10,13-15H2,1H3/b4-3+. The van der Waals surface area contributed by atoms with Crippen molar-refractivity contribution in [3.8, 4) is 0 Å². The summed E-state index contributed by atoms with van der Waals surface area (Å²) in [6.07, 6.45) is 3.22. The normalized spacial score (nSPS) is 22.2. The SMILES string of the molecule is CCCOCc1ccc(C2CCC(/C=C/CC(F)(F)F)CC2)cc1. The highest BCUT2D eigenvalue weighted by Crippen LogP contribution is 2.36. The van der Waals surface area contributed by atoms with Crippen molar-refractivity contribution >= 4 is 0 Å². The molecule has 0 atom stereocenters. The zero-order valence-corrected chi connectivity index (χ0v) is 14.3. The Hall–Kier alpha value is -1.29. The number of ether oxygens (including phenoxy) is 1. The first kappa shape index (κ1) is 19.0. The molecule has 1 aliphatic rings. The van der Waals surface area contributed by atoms with Crippen LogP contribution in [0.2, 0.25) is 0 Å². The molecule has 0 unspecified atom stereocenters. The van der Waals surface area contributed by atoms with E-state index in [0.29, 0.717) is 18.4 Å². The quantitative estimate of drug-likeness (QED) is 0.412. The Kier molecular flexibility index (Phi) is 7.35. The zero-order valence-electron chi connectivity index (χ0n) is 14.3. The molecule has 0 bridgehead atoms. The van der Waals surface area contributed by atoms with E-state index in [-0.39, 0.29) is 0 Å². The summed E-state index contributed by atoms with van der Waals surface area (Å²) in [6.45, 7) is 3.54. The topological polar surface area (TPSA) is 9.23 Å². The maximum Gasteiger partial charge on any atom is 0.392 e. The summed E-state index contributed by atoms with van der Waals surface area (Å²) >= 11 is 0. The largest absolute Gasteiger partial charge is 0.392 e.